The Kier molecular flexibility index (Phi) is 4.24. The SMILES string of the molecule is COc1ccc(/C=C/C(=N)c2c(O)cc3occc3c2OC)cc1. The van der Waals surface area contributed by atoms with Crippen LogP contribution in [0.4, 0.5) is 0 Å². The van der Waals surface area contributed by atoms with Gasteiger partial charge in [0.15, 0.2) is 0 Å². The van der Waals surface area contributed by atoms with Gasteiger partial charge < -0.3 is 19.0 Å². The number of phenolic OH excluding ortho intramolecular Hbond substituents is 1. The summed E-state index contributed by atoms with van der Waals surface area (Å²) in [5, 5.41) is 19.2. The molecule has 5 heteroatoms. The first-order valence-electron chi connectivity index (χ1n) is 7.32. The lowest BCUT2D eigenvalue weighted by Crippen LogP contribution is -2.00. The van der Waals surface area contributed by atoms with E-state index in [-0.39, 0.29) is 11.5 Å². The zero-order valence-corrected chi connectivity index (χ0v) is 13.4. The maximum Gasteiger partial charge on any atom is 0.143 e. The Bertz CT molecular complexity index is 907. The van der Waals surface area contributed by atoms with Gasteiger partial charge in [0, 0.05) is 6.07 Å². The van der Waals surface area contributed by atoms with Crippen molar-refractivity contribution in [1.82, 2.24) is 0 Å². The number of ether oxygens (including phenoxy) is 2. The average Bonchev–Trinajstić information content (AvgIpc) is 3.06. The van der Waals surface area contributed by atoms with Crippen molar-refractivity contribution < 1.29 is 19.0 Å². The fourth-order valence-electron chi connectivity index (χ4n) is 2.52. The molecule has 0 unspecified atom stereocenters. The Morgan fingerprint density at radius 2 is 1.88 bits per heavy atom. The molecule has 0 spiro atoms. The molecule has 0 aliphatic heterocycles. The van der Waals surface area contributed by atoms with E-state index >= 15 is 0 Å². The maximum absolute atomic E-state index is 10.2. The average molecular weight is 323 g/mol. The van der Waals surface area contributed by atoms with Crippen LogP contribution in [0.2, 0.25) is 0 Å². The van der Waals surface area contributed by atoms with Crippen molar-refractivity contribution >= 4 is 22.8 Å². The van der Waals surface area contributed by atoms with Crippen molar-refractivity contribution in [2.24, 2.45) is 0 Å². The molecule has 5 nitrogen and oxygen atoms in total. The second-order valence-electron chi connectivity index (χ2n) is 5.16. The topological polar surface area (TPSA) is 75.7 Å². The number of benzene rings is 2. The summed E-state index contributed by atoms with van der Waals surface area (Å²) in [4.78, 5) is 0. The van der Waals surface area contributed by atoms with E-state index in [2.05, 4.69) is 0 Å². The zero-order chi connectivity index (χ0) is 17.1. The molecule has 0 bridgehead atoms. The molecule has 0 amide bonds. The molecule has 122 valence electrons. The first-order chi connectivity index (χ1) is 11.6. The highest BCUT2D eigenvalue weighted by molar-refractivity contribution is 6.15. The monoisotopic (exact) mass is 323 g/mol. The Morgan fingerprint density at radius 3 is 2.54 bits per heavy atom. The second-order valence-corrected chi connectivity index (χ2v) is 5.16. The van der Waals surface area contributed by atoms with Crippen LogP contribution in [0.25, 0.3) is 17.0 Å². The summed E-state index contributed by atoms with van der Waals surface area (Å²) in [5.41, 5.74) is 1.91. The van der Waals surface area contributed by atoms with Gasteiger partial charge >= 0.3 is 0 Å². The summed E-state index contributed by atoms with van der Waals surface area (Å²) in [6.45, 7) is 0. The van der Waals surface area contributed by atoms with E-state index in [4.69, 9.17) is 19.3 Å². The fraction of sp³-hybridized carbons (Fsp3) is 0.105. The molecule has 3 aromatic rings. The summed E-state index contributed by atoms with van der Waals surface area (Å²) in [6, 6.07) is 10.7. The lowest BCUT2D eigenvalue weighted by Gasteiger charge is -2.10. The van der Waals surface area contributed by atoms with Crippen LogP contribution in [0.5, 0.6) is 17.2 Å². The third kappa shape index (κ3) is 2.84. The lowest BCUT2D eigenvalue weighted by molar-refractivity contribution is 0.411. The Morgan fingerprint density at radius 1 is 1.12 bits per heavy atom. The lowest BCUT2D eigenvalue weighted by atomic mass is 10.0. The number of furan rings is 1. The van der Waals surface area contributed by atoms with Gasteiger partial charge in [0.2, 0.25) is 0 Å². The minimum absolute atomic E-state index is 0.0568. The van der Waals surface area contributed by atoms with Gasteiger partial charge in [0.25, 0.3) is 0 Å². The minimum atomic E-state index is -0.0568. The second kappa shape index (κ2) is 6.50. The van der Waals surface area contributed by atoms with Crippen LogP contribution in [0, 0.1) is 5.41 Å². The number of hydrogen-bond donors (Lipinski definition) is 2. The molecule has 0 saturated heterocycles. The molecule has 0 radical (unpaired) electrons. The number of rotatable bonds is 5. The molecule has 0 aliphatic carbocycles. The van der Waals surface area contributed by atoms with Crippen LogP contribution in [0.3, 0.4) is 0 Å². The molecule has 0 aliphatic rings. The number of phenols is 1. The molecular formula is C19H17NO4. The highest BCUT2D eigenvalue weighted by Crippen LogP contribution is 2.37. The summed E-state index contributed by atoms with van der Waals surface area (Å²) in [7, 11) is 3.12. The highest BCUT2D eigenvalue weighted by Gasteiger charge is 2.18. The van der Waals surface area contributed by atoms with E-state index in [9.17, 15) is 5.11 Å². The van der Waals surface area contributed by atoms with Gasteiger partial charge in [-0.25, -0.2) is 0 Å². The minimum Gasteiger partial charge on any atom is -0.507 e. The molecule has 2 aromatic carbocycles. The van der Waals surface area contributed by atoms with Gasteiger partial charge in [-0.1, -0.05) is 18.2 Å². The van der Waals surface area contributed by atoms with Crippen LogP contribution in [0.15, 0.2) is 53.2 Å². The van der Waals surface area contributed by atoms with Crippen LogP contribution in [0.1, 0.15) is 11.1 Å². The summed E-state index contributed by atoms with van der Waals surface area (Å²) < 4.78 is 15.8. The maximum atomic E-state index is 10.2. The van der Waals surface area contributed by atoms with Crippen molar-refractivity contribution in [3.8, 4) is 17.2 Å². The Balaban J connectivity index is 1.95. The summed E-state index contributed by atoms with van der Waals surface area (Å²) in [5.74, 6) is 1.13. The predicted molar refractivity (Wildman–Crippen MR) is 93.3 cm³/mol. The van der Waals surface area contributed by atoms with E-state index in [0.717, 1.165) is 11.3 Å². The number of aromatic hydroxyl groups is 1. The van der Waals surface area contributed by atoms with Crippen LogP contribution in [-0.4, -0.2) is 25.0 Å². The van der Waals surface area contributed by atoms with Crippen molar-refractivity contribution in [3.05, 3.63) is 59.9 Å². The third-order valence-corrected chi connectivity index (χ3v) is 3.72. The van der Waals surface area contributed by atoms with Gasteiger partial charge in [0.1, 0.15) is 22.8 Å². The molecule has 1 heterocycles. The van der Waals surface area contributed by atoms with E-state index in [0.29, 0.717) is 22.3 Å². The van der Waals surface area contributed by atoms with Crippen molar-refractivity contribution in [1.29, 1.82) is 5.41 Å². The molecule has 2 N–H and O–H groups in total. The fourth-order valence-corrected chi connectivity index (χ4v) is 2.52. The van der Waals surface area contributed by atoms with Gasteiger partial charge in [-0.3, -0.25) is 5.41 Å². The number of methoxy groups -OCH3 is 2. The quantitative estimate of drug-likeness (QED) is 0.689. The standard InChI is InChI=1S/C19H17NO4/c1-22-13-6-3-12(4-7-13)5-8-15(20)18-16(21)11-17-14(9-10-24-17)19(18)23-2/h3-11,20-21H,1-2H3/b8-5+,20-15?. The molecule has 24 heavy (non-hydrogen) atoms. The number of hydrogen-bond acceptors (Lipinski definition) is 5. The van der Waals surface area contributed by atoms with Gasteiger partial charge in [-0.15, -0.1) is 0 Å². The van der Waals surface area contributed by atoms with Gasteiger partial charge in [-0.05, 0) is 29.8 Å². The van der Waals surface area contributed by atoms with Gasteiger partial charge in [0.05, 0.1) is 37.1 Å². The molecule has 0 atom stereocenters. The third-order valence-electron chi connectivity index (χ3n) is 3.72. The smallest absolute Gasteiger partial charge is 0.143 e. The van der Waals surface area contributed by atoms with Gasteiger partial charge in [-0.2, -0.15) is 0 Å². The number of fused-ring (bicyclic) bond motifs is 1. The summed E-state index contributed by atoms with van der Waals surface area (Å²) >= 11 is 0. The number of nitrogens with one attached hydrogen (secondary N) is 1. The Hall–Kier alpha value is -3.21. The normalized spacial score (nSPS) is 11.1. The highest BCUT2D eigenvalue weighted by atomic mass is 16.5. The largest absolute Gasteiger partial charge is 0.507 e. The van der Waals surface area contributed by atoms with Crippen molar-refractivity contribution in [2.75, 3.05) is 14.2 Å². The van der Waals surface area contributed by atoms with Crippen LogP contribution in [-0.2, 0) is 0 Å². The molecule has 0 fully saturated rings. The van der Waals surface area contributed by atoms with Crippen molar-refractivity contribution in [2.45, 2.75) is 0 Å². The van der Waals surface area contributed by atoms with E-state index in [1.54, 1.807) is 25.3 Å². The van der Waals surface area contributed by atoms with Crippen LogP contribution < -0.4 is 9.47 Å². The summed E-state index contributed by atoms with van der Waals surface area (Å²) in [6.07, 6.45) is 4.93. The van der Waals surface area contributed by atoms with E-state index in [1.165, 1.54) is 19.4 Å². The van der Waals surface area contributed by atoms with Crippen LogP contribution >= 0.6 is 0 Å². The first-order valence-corrected chi connectivity index (χ1v) is 7.32. The predicted octanol–water partition coefficient (Wildman–Crippen LogP) is 4.24. The van der Waals surface area contributed by atoms with Crippen molar-refractivity contribution in [3.63, 3.8) is 0 Å². The first kappa shape index (κ1) is 15.7. The molecule has 1 aromatic heterocycles. The van der Waals surface area contributed by atoms with E-state index < -0.39 is 0 Å². The molecular weight excluding hydrogens is 306 g/mol. The number of allylic oxidation sites excluding steroid dienone is 1. The Labute approximate surface area is 139 Å². The van der Waals surface area contributed by atoms with E-state index in [1.807, 2.05) is 24.3 Å². The molecule has 0 saturated carbocycles. The zero-order valence-electron chi connectivity index (χ0n) is 13.4. The molecule has 3 rings (SSSR count).